The summed E-state index contributed by atoms with van der Waals surface area (Å²) in [6, 6.07) is 7.80. The van der Waals surface area contributed by atoms with Crippen LogP contribution in [0.3, 0.4) is 0 Å². The Labute approximate surface area is 79.2 Å². The van der Waals surface area contributed by atoms with Crippen LogP contribution in [0, 0.1) is 6.92 Å². The van der Waals surface area contributed by atoms with Crippen molar-refractivity contribution in [1.82, 2.24) is 0 Å². The van der Waals surface area contributed by atoms with Crippen molar-refractivity contribution in [1.29, 1.82) is 0 Å². The van der Waals surface area contributed by atoms with Crippen molar-refractivity contribution < 1.29 is 9.84 Å². The van der Waals surface area contributed by atoms with E-state index in [1.54, 1.807) is 6.92 Å². The second-order valence-electron chi connectivity index (χ2n) is 3.38. The van der Waals surface area contributed by atoms with Gasteiger partial charge in [-0.05, 0) is 32.9 Å². The van der Waals surface area contributed by atoms with Gasteiger partial charge in [0, 0.05) is 0 Å². The number of hydrogen-bond acceptors (Lipinski definition) is 2. The van der Waals surface area contributed by atoms with Crippen molar-refractivity contribution in [2.24, 2.45) is 0 Å². The molecule has 0 fully saturated rings. The molecule has 0 radical (unpaired) electrons. The maximum atomic E-state index is 9.21. The van der Waals surface area contributed by atoms with Gasteiger partial charge in [0.15, 0.2) is 0 Å². The molecule has 1 rings (SSSR count). The first kappa shape index (κ1) is 10.1. The number of aryl methyl sites for hydroxylation is 1. The van der Waals surface area contributed by atoms with E-state index in [9.17, 15) is 5.11 Å². The molecule has 0 aromatic heterocycles. The van der Waals surface area contributed by atoms with E-state index >= 15 is 0 Å². The SMILES string of the molecule is Cc1ccc(OC(C)[C@@H](C)O)cc1. The summed E-state index contributed by atoms with van der Waals surface area (Å²) >= 11 is 0. The molecule has 1 aromatic rings. The Balaban J connectivity index is 2.59. The van der Waals surface area contributed by atoms with E-state index in [0.717, 1.165) is 5.75 Å². The highest BCUT2D eigenvalue weighted by Gasteiger charge is 2.09. The molecule has 0 spiro atoms. The van der Waals surface area contributed by atoms with Crippen LogP contribution >= 0.6 is 0 Å². The summed E-state index contributed by atoms with van der Waals surface area (Å²) in [5.74, 6) is 0.805. The van der Waals surface area contributed by atoms with Crippen molar-refractivity contribution in [2.45, 2.75) is 33.0 Å². The summed E-state index contributed by atoms with van der Waals surface area (Å²) in [7, 11) is 0. The van der Waals surface area contributed by atoms with Crippen LogP contribution in [0.25, 0.3) is 0 Å². The lowest BCUT2D eigenvalue weighted by Gasteiger charge is -2.17. The van der Waals surface area contributed by atoms with Gasteiger partial charge in [-0.2, -0.15) is 0 Å². The molecule has 0 aliphatic heterocycles. The summed E-state index contributed by atoms with van der Waals surface area (Å²) in [4.78, 5) is 0. The molecular weight excluding hydrogens is 164 g/mol. The first-order chi connectivity index (χ1) is 6.09. The van der Waals surface area contributed by atoms with Crippen LogP contribution in [0.15, 0.2) is 24.3 Å². The van der Waals surface area contributed by atoms with Crippen molar-refractivity contribution in [3.8, 4) is 5.75 Å². The third kappa shape index (κ3) is 3.07. The molecule has 0 heterocycles. The van der Waals surface area contributed by atoms with Crippen LogP contribution in [-0.2, 0) is 0 Å². The normalized spacial score (nSPS) is 15.1. The molecule has 13 heavy (non-hydrogen) atoms. The molecular formula is C11H16O2. The molecule has 0 amide bonds. The molecule has 72 valence electrons. The van der Waals surface area contributed by atoms with Gasteiger partial charge in [0.2, 0.25) is 0 Å². The Kier molecular flexibility index (Phi) is 3.32. The molecule has 1 N–H and O–H groups in total. The molecule has 0 aliphatic carbocycles. The smallest absolute Gasteiger partial charge is 0.121 e. The van der Waals surface area contributed by atoms with Crippen molar-refractivity contribution in [2.75, 3.05) is 0 Å². The third-order valence-electron chi connectivity index (χ3n) is 2.02. The van der Waals surface area contributed by atoms with E-state index in [-0.39, 0.29) is 6.10 Å². The van der Waals surface area contributed by atoms with Crippen LogP contribution in [-0.4, -0.2) is 17.3 Å². The third-order valence-corrected chi connectivity index (χ3v) is 2.02. The largest absolute Gasteiger partial charge is 0.488 e. The Hall–Kier alpha value is -1.02. The van der Waals surface area contributed by atoms with E-state index < -0.39 is 6.10 Å². The number of ether oxygens (including phenoxy) is 1. The predicted octanol–water partition coefficient (Wildman–Crippen LogP) is 2.14. The van der Waals surface area contributed by atoms with Gasteiger partial charge in [-0.25, -0.2) is 0 Å². The molecule has 0 saturated heterocycles. The van der Waals surface area contributed by atoms with Crippen LogP contribution < -0.4 is 4.74 Å². The molecule has 0 saturated carbocycles. The second-order valence-corrected chi connectivity index (χ2v) is 3.38. The maximum absolute atomic E-state index is 9.21. The Bertz CT molecular complexity index is 251. The average molecular weight is 180 g/mol. The van der Waals surface area contributed by atoms with Crippen molar-refractivity contribution in [3.05, 3.63) is 29.8 Å². The van der Waals surface area contributed by atoms with Gasteiger partial charge in [0.1, 0.15) is 11.9 Å². The fourth-order valence-corrected chi connectivity index (χ4v) is 0.930. The first-order valence-corrected chi connectivity index (χ1v) is 4.51. The van der Waals surface area contributed by atoms with Gasteiger partial charge in [-0.3, -0.25) is 0 Å². The zero-order chi connectivity index (χ0) is 9.84. The highest BCUT2D eigenvalue weighted by atomic mass is 16.5. The van der Waals surface area contributed by atoms with Crippen molar-refractivity contribution >= 4 is 0 Å². The minimum Gasteiger partial charge on any atom is -0.488 e. The monoisotopic (exact) mass is 180 g/mol. The fourth-order valence-electron chi connectivity index (χ4n) is 0.930. The minimum atomic E-state index is -0.443. The minimum absolute atomic E-state index is 0.164. The average Bonchev–Trinajstić information content (AvgIpc) is 2.08. The number of rotatable bonds is 3. The lowest BCUT2D eigenvalue weighted by Crippen LogP contribution is -2.25. The summed E-state index contributed by atoms with van der Waals surface area (Å²) in [5, 5.41) is 9.21. The van der Waals surface area contributed by atoms with Gasteiger partial charge < -0.3 is 9.84 Å². The zero-order valence-electron chi connectivity index (χ0n) is 8.32. The van der Waals surface area contributed by atoms with Gasteiger partial charge in [0.05, 0.1) is 6.10 Å². The van der Waals surface area contributed by atoms with E-state index in [4.69, 9.17) is 4.74 Å². The summed E-state index contributed by atoms with van der Waals surface area (Å²) in [6.45, 7) is 5.60. The Morgan fingerprint density at radius 1 is 1.15 bits per heavy atom. The Morgan fingerprint density at radius 2 is 1.69 bits per heavy atom. The van der Waals surface area contributed by atoms with Crippen LogP contribution in [0.5, 0.6) is 5.75 Å². The fraction of sp³-hybridized carbons (Fsp3) is 0.455. The van der Waals surface area contributed by atoms with E-state index in [1.165, 1.54) is 5.56 Å². The summed E-state index contributed by atoms with van der Waals surface area (Å²) in [6.07, 6.45) is -0.607. The molecule has 2 heteroatoms. The zero-order valence-corrected chi connectivity index (χ0v) is 8.32. The van der Waals surface area contributed by atoms with Gasteiger partial charge >= 0.3 is 0 Å². The van der Waals surface area contributed by atoms with Crippen molar-refractivity contribution in [3.63, 3.8) is 0 Å². The first-order valence-electron chi connectivity index (χ1n) is 4.51. The highest BCUT2D eigenvalue weighted by molar-refractivity contribution is 5.26. The number of hydrogen-bond donors (Lipinski definition) is 1. The van der Waals surface area contributed by atoms with Gasteiger partial charge in [-0.15, -0.1) is 0 Å². The summed E-state index contributed by atoms with van der Waals surface area (Å²) in [5.41, 5.74) is 1.21. The number of aliphatic hydroxyl groups is 1. The standard InChI is InChI=1S/C11H16O2/c1-8-4-6-11(7-5-8)13-10(3)9(2)12/h4-7,9-10,12H,1-3H3/t9-,10?/m1/s1. The van der Waals surface area contributed by atoms with E-state index in [2.05, 4.69) is 0 Å². The maximum Gasteiger partial charge on any atom is 0.121 e. The number of benzene rings is 1. The molecule has 1 aromatic carbocycles. The van der Waals surface area contributed by atoms with Crippen LogP contribution in [0.2, 0.25) is 0 Å². The van der Waals surface area contributed by atoms with Gasteiger partial charge in [-0.1, -0.05) is 17.7 Å². The quantitative estimate of drug-likeness (QED) is 0.772. The van der Waals surface area contributed by atoms with E-state index in [1.807, 2.05) is 38.1 Å². The van der Waals surface area contributed by atoms with Crippen LogP contribution in [0.1, 0.15) is 19.4 Å². The molecule has 1 unspecified atom stereocenters. The van der Waals surface area contributed by atoms with E-state index in [0.29, 0.717) is 0 Å². The molecule has 0 aliphatic rings. The lowest BCUT2D eigenvalue weighted by molar-refractivity contribution is 0.0604. The molecule has 2 atom stereocenters. The lowest BCUT2D eigenvalue weighted by atomic mass is 10.2. The Morgan fingerprint density at radius 3 is 2.15 bits per heavy atom. The molecule has 2 nitrogen and oxygen atoms in total. The van der Waals surface area contributed by atoms with Crippen LogP contribution in [0.4, 0.5) is 0 Å². The predicted molar refractivity (Wildman–Crippen MR) is 52.9 cm³/mol. The number of aliphatic hydroxyl groups excluding tert-OH is 1. The topological polar surface area (TPSA) is 29.5 Å². The highest BCUT2D eigenvalue weighted by Crippen LogP contribution is 2.14. The van der Waals surface area contributed by atoms with Gasteiger partial charge in [0.25, 0.3) is 0 Å². The second kappa shape index (κ2) is 4.28. The molecule has 0 bridgehead atoms. The summed E-state index contributed by atoms with van der Waals surface area (Å²) < 4.78 is 5.48.